The Labute approximate surface area is 143 Å². The first-order valence-corrected chi connectivity index (χ1v) is 8.51. The van der Waals surface area contributed by atoms with E-state index in [1.807, 2.05) is 16.3 Å². The molecule has 0 bridgehead atoms. The van der Waals surface area contributed by atoms with Crippen LogP contribution in [-0.4, -0.2) is 53.8 Å². The number of hydrogen-bond donors (Lipinski definition) is 1. The Morgan fingerprint density at radius 1 is 1.38 bits per heavy atom. The van der Waals surface area contributed by atoms with Crippen LogP contribution in [0.2, 0.25) is 0 Å². The molecule has 3 heterocycles. The molecule has 3 rings (SSSR count). The molecule has 1 aliphatic heterocycles. The highest BCUT2D eigenvalue weighted by molar-refractivity contribution is 7.17. The van der Waals surface area contributed by atoms with Gasteiger partial charge in [-0.15, -0.1) is 11.3 Å². The normalized spacial score (nSPS) is 14.8. The maximum Gasteiger partial charge on any atom is 0.274 e. The van der Waals surface area contributed by atoms with Crippen molar-refractivity contribution < 1.29 is 4.79 Å². The molecule has 8 heteroatoms. The Morgan fingerprint density at radius 3 is 2.88 bits per heavy atom. The molecule has 2 aromatic rings. The number of aliphatic imine (C=N–C) groups is 2. The monoisotopic (exact) mass is 342 g/mol. The van der Waals surface area contributed by atoms with Crippen LogP contribution >= 0.6 is 11.3 Å². The van der Waals surface area contributed by atoms with Crippen LogP contribution in [0.5, 0.6) is 0 Å². The molecule has 1 fully saturated rings. The van der Waals surface area contributed by atoms with Crippen LogP contribution in [-0.2, 0) is 0 Å². The van der Waals surface area contributed by atoms with Gasteiger partial charge in [-0.1, -0.05) is 0 Å². The largest absolute Gasteiger partial charge is 0.348 e. The van der Waals surface area contributed by atoms with E-state index in [1.54, 1.807) is 0 Å². The van der Waals surface area contributed by atoms with E-state index in [-0.39, 0.29) is 5.91 Å². The zero-order valence-corrected chi connectivity index (χ0v) is 14.1. The molecule has 0 radical (unpaired) electrons. The molecule has 0 saturated carbocycles. The third kappa shape index (κ3) is 3.33. The summed E-state index contributed by atoms with van der Waals surface area (Å²) in [7, 11) is 0. The zero-order valence-electron chi connectivity index (χ0n) is 13.2. The molecule has 2 aromatic heterocycles. The van der Waals surface area contributed by atoms with Crippen molar-refractivity contribution in [3.05, 3.63) is 29.0 Å². The van der Waals surface area contributed by atoms with E-state index in [1.165, 1.54) is 17.5 Å². The minimum atomic E-state index is -0.0317. The maximum absolute atomic E-state index is 12.8. The third-order valence-electron chi connectivity index (χ3n) is 3.77. The average Bonchev–Trinajstić information content (AvgIpc) is 3.28. The lowest BCUT2D eigenvalue weighted by atomic mass is 10.3. The lowest BCUT2D eigenvalue weighted by molar-refractivity contribution is 0.0789. The number of rotatable bonds is 6. The average molecular weight is 342 g/mol. The van der Waals surface area contributed by atoms with Crippen LogP contribution in [0.4, 0.5) is 5.95 Å². The quantitative estimate of drug-likeness (QED) is 0.818. The van der Waals surface area contributed by atoms with Gasteiger partial charge in [0, 0.05) is 19.3 Å². The number of likely N-dealkylation sites (tertiary alicyclic amines) is 1. The van der Waals surface area contributed by atoms with Gasteiger partial charge in [-0.05, 0) is 37.7 Å². The molecule has 1 amide bonds. The Bertz CT molecular complexity index is 806. The van der Waals surface area contributed by atoms with E-state index in [4.69, 9.17) is 0 Å². The van der Waals surface area contributed by atoms with Gasteiger partial charge >= 0.3 is 0 Å². The van der Waals surface area contributed by atoms with Crippen molar-refractivity contribution in [1.82, 2.24) is 14.9 Å². The second-order valence-electron chi connectivity index (χ2n) is 5.34. The maximum atomic E-state index is 12.8. The van der Waals surface area contributed by atoms with Gasteiger partial charge in [0.05, 0.1) is 22.5 Å². The number of nitrogens with zero attached hydrogens (tertiary/aromatic N) is 5. The molecule has 7 nitrogen and oxygen atoms in total. The summed E-state index contributed by atoms with van der Waals surface area (Å²) >= 11 is 1.48. The fourth-order valence-corrected chi connectivity index (χ4v) is 3.39. The Balaban J connectivity index is 1.89. The molecule has 0 aliphatic carbocycles. The summed E-state index contributed by atoms with van der Waals surface area (Å²) in [6.45, 7) is 8.82. The van der Waals surface area contributed by atoms with Gasteiger partial charge in [0.25, 0.3) is 5.91 Å². The van der Waals surface area contributed by atoms with Gasteiger partial charge in [-0.25, -0.2) is 9.97 Å². The fourth-order valence-electron chi connectivity index (χ4n) is 2.57. The Morgan fingerprint density at radius 2 is 2.17 bits per heavy atom. The molecule has 0 aromatic carbocycles. The number of amides is 1. The molecule has 1 aliphatic rings. The van der Waals surface area contributed by atoms with Gasteiger partial charge in [0.2, 0.25) is 5.95 Å². The van der Waals surface area contributed by atoms with E-state index in [0.29, 0.717) is 23.9 Å². The second kappa shape index (κ2) is 7.31. The highest BCUT2D eigenvalue weighted by Gasteiger charge is 2.24. The minimum absolute atomic E-state index is 0.0317. The van der Waals surface area contributed by atoms with Gasteiger partial charge in [-0.3, -0.25) is 14.8 Å². The highest BCUT2D eigenvalue weighted by Crippen LogP contribution is 2.25. The van der Waals surface area contributed by atoms with Crippen molar-refractivity contribution in [2.75, 3.05) is 25.0 Å². The zero-order chi connectivity index (χ0) is 16.9. The van der Waals surface area contributed by atoms with E-state index in [9.17, 15) is 4.79 Å². The van der Waals surface area contributed by atoms with Crippen LogP contribution in [0.3, 0.4) is 0 Å². The van der Waals surface area contributed by atoms with Gasteiger partial charge in [0.1, 0.15) is 0 Å². The predicted molar refractivity (Wildman–Crippen MR) is 98.2 cm³/mol. The van der Waals surface area contributed by atoms with Crippen LogP contribution in [0, 0.1) is 0 Å². The number of anilines is 1. The van der Waals surface area contributed by atoms with Crippen LogP contribution in [0.15, 0.2) is 33.3 Å². The first-order valence-electron chi connectivity index (χ1n) is 7.63. The van der Waals surface area contributed by atoms with Crippen molar-refractivity contribution in [3.8, 4) is 0 Å². The number of carbonyl (C=O) groups excluding carboxylic acids is 1. The summed E-state index contributed by atoms with van der Waals surface area (Å²) in [6.07, 6.45) is 3.60. The van der Waals surface area contributed by atoms with E-state index < -0.39 is 0 Å². The van der Waals surface area contributed by atoms with Crippen molar-refractivity contribution >= 4 is 46.8 Å². The number of hydrogen-bond acceptors (Lipinski definition) is 7. The number of aromatic nitrogens is 2. The summed E-state index contributed by atoms with van der Waals surface area (Å²) in [5.41, 5.74) is 1.84. The molecule has 124 valence electrons. The molecular weight excluding hydrogens is 324 g/mol. The van der Waals surface area contributed by atoms with Crippen molar-refractivity contribution in [1.29, 1.82) is 0 Å². The molecule has 0 unspecified atom stereocenters. The fraction of sp³-hybridized carbons (Fsp3) is 0.312. The second-order valence-corrected chi connectivity index (χ2v) is 6.26. The number of thiophene rings is 1. The van der Waals surface area contributed by atoms with Gasteiger partial charge in [0.15, 0.2) is 5.69 Å². The summed E-state index contributed by atoms with van der Waals surface area (Å²) in [5.74, 6) is 0.359. The topological polar surface area (TPSA) is 82.8 Å². The first-order chi connectivity index (χ1) is 11.7. The van der Waals surface area contributed by atoms with Gasteiger partial charge < -0.3 is 10.2 Å². The Kier molecular flexibility index (Phi) is 4.95. The molecule has 24 heavy (non-hydrogen) atoms. The number of fused-ring (bicyclic) bond motifs is 1. The van der Waals surface area contributed by atoms with E-state index >= 15 is 0 Å². The standard InChI is InChI=1S/C16H18N6OS/c1-17-9-11(18-2)10-19-16-20-12-5-8-24-14(12)13(21-16)15(23)22-6-3-4-7-22/h5,8-9H,1-4,6-7,10H2,(H,19,20,21)/b11-9-. The smallest absolute Gasteiger partial charge is 0.274 e. The number of nitrogens with one attached hydrogen (secondary N) is 1. The van der Waals surface area contributed by atoms with Crippen molar-refractivity contribution in [3.63, 3.8) is 0 Å². The van der Waals surface area contributed by atoms with Crippen molar-refractivity contribution in [2.45, 2.75) is 12.8 Å². The molecule has 1 saturated heterocycles. The lowest BCUT2D eigenvalue weighted by Crippen LogP contribution is -2.28. The predicted octanol–water partition coefficient (Wildman–Crippen LogP) is 2.58. The minimum Gasteiger partial charge on any atom is -0.348 e. The van der Waals surface area contributed by atoms with Crippen LogP contribution in [0.1, 0.15) is 23.3 Å². The summed E-state index contributed by atoms with van der Waals surface area (Å²) < 4.78 is 0.822. The van der Waals surface area contributed by atoms with Gasteiger partial charge in [-0.2, -0.15) is 0 Å². The Hall–Kier alpha value is -2.61. The lowest BCUT2D eigenvalue weighted by Gasteiger charge is -2.15. The van der Waals surface area contributed by atoms with E-state index in [0.717, 1.165) is 36.1 Å². The summed E-state index contributed by atoms with van der Waals surface area (Å²) in [5, 5.41) is 4.99. The first kappa shape index (κ1) is 16.3. The summed E-state index contributed by atoms with van der Waals surface area (Å²) in [6, 6.07) is 1.89. The molecule has 1 N–H and O–H groups in total. The van der Waals surface area contributed by atoms with Crippen LogP contribution in [0.25, 0.3) is 10.2 Å². The molecule has 0 spiro atoms. The van der Waals surface area contributed by atoms with E-state index in [2.05, 4.69) is 38.7 Å². The highest BCUT2D eigenvalue weighted by atomic mass is 32.1. The number of carbonyl (C=O) groups is 1. The van der Waals surface area contributed by atoms with Crippen LogP contribution < -0.4 is 5.32 Å². The SMILES string of the molecule is C=N/C=C(/CNc1nc(C(=O)N2CCCC2)c2sccc2n1)N=C. The molecular formula is C16H18N6OS. The molecule has 0 atom stereocenters. The third-order valence-corrected chi connectivity index (χ3v) is 4.68. The van der Waals surface area contributed by atoms with Crippen molar-refractivity contribution in [2.24, 2.45) is 9.98 Å². The summed E-state index contributed by atoms with van der Waals surface area (Å²) in [4.78, 5) is 31.0.